The molecule has 0 spiro atoms. The van der Waals surface area contributed by atoms with E-state index >= 15 is 0 Å². The van der Waals surface area contributed by atoms with E-state index in [1.54, 1.807) is 18.6 Å². The van der Waals surface area contributed by atoms with E-state index in [1.165, 1.54) is 14.0 Å². The van der Waals surface area contributed by atoms with Gasteiger partial charge in [-0.2, -0.15) is 0 Å². The van der Waals surface area contributed by atoms with E-state index in [2.05, 4.69) is 27.7 Å². The van der Waals surface area contributed by atoms with Gasteiger partial charge in [0.25, 0.3) is 0 Å². The van der Waals surface area contributed by atoms with Crippen LogP contribution >= 0.6 is 0 Å². The third-order valence-electron chi connectivity index (χ3n) is 9.78. The Morgan fingerprint density at radius 3 is 2.51 bits per heavy atom. The number of esters is 3. The molecule has 0 radical (unpaired) electrons. The number of carbonyl (C=O) groups excluding carboxylic acids is 3. The van der Waals surface area contributed by atoms with Gasteiger partial charge in [-0.3, -0.25) is 9.59 Å². The molecule has 0 amide bonds. The second-order valence-corrected chi connectivity index (χ2v) is 12.1. The van der Waals surface area contributed by atoms with Crippen molar-refractivity contribution in [1.82, 2.24) is 0 Å². The molecule has 8 nitrogen and oxygen atoms in total. The normalized spacial score (nSPS) is 37.9. The van der Waals surface area contributed by atoms with Crippen LogP contribution in [0.15, 0.2) is 46.0 Å². The Hall–Kier alpha value is -3.03. The van der Waals surface area contributed by atoms with Gasteiger partial charge in [0, 0.05) is 53.6 Å². The third-order valence-corrected chi connectivity index (χ3v) is 9.78. The van der Waals surface area contributed by atoms with Crippen molar-refractivity contribution < 1.29 is 37.7 Å². The molecule has 4 aliphatic rings. The average Bonchev–Trinajstić information content (AvgIpc) is 3.45. The number of rotatable bonds is 4. The second-order valence-electron chi connectivity index (χ2n) is 12.1. The summed E-state index contributed by atoms with van der Waals surface area (Å²) in [5.41, 5.74) is 1.15. The second kappa shape index (κ2) is 8.50. The number of hydrogen-bond donors (Lipinski definition) is 0. The van der Waals surface area contributed by atoms with Crippen molar-refractivity contribution in [3.05, 3.63) is 47.1 Å². The van der Waals surface area contributed by atoms with Gasteiger partial charge in [0.05, 0.1) is 19.6 Å². The summed E-state index contributed by atoms with van der Waals surface area (Å²) in [7, 11) is 1.40. The molecule has 8 heteroatoms. The number of cyclic esters (lactones) is 1. The van der Waals surface area contributed by atoms with E-state index in [9.17, 15) is 14.4 Å². The largest absolute Gasteiger partial charge is 0.493 e. The summed E-state index contributed by atoms with van der Waals surface area (Å²) in [5, 5.41) is 0. The molecule has 7 atom stereocenters. The van der Waals surface area contributed by atoms with E-state index in [1.807, 2.05) is 13.0 Å². The van der Waals surface area contributed by atoms with Gasteiger partial charge in [0.1, 0.15) is 24.1 Å². The zero-order chi connectivity index (χ0) is 26.9. The highest BCUT2D eigenvalue weighted by molar-refractivity contribution is 5.86. The summed E-state index contributed by atoms with van der Waals surface area (Å²) in [6.07, 6.45) is 4.95. The van der Waals surface area contributed by atoms with Crippen molar-refractivity contribution in [3.63, 3.8) is 0 Å². The highest BCUT2D eigenvalue weighted by Crippen LogP contribution is 2.69. The molecule has 2 aliphatic carbocycles. The Bertz CT molecular complexity index is 1190. The van der Waals surface area contributed by atoms with Gasteiger partial charge in [-0.1, -0.05) is 27.7 Å². The lowest BCUT2D eigenvalue weighted by Crippen LogP contribution is -2.59. The van der Waals surface area contributed by atoms with E-state index in [0.29, 0.717) is 12.8 Å². The highest BCUT2D eigenvalue weighted by atomic mass is 16.6. The Morgan fingerprint density at radius 1 is 1.16 bits per heavy atom. The van der Waals surface area contributed by atoms with Crippen molar-refractivity contribution in [1.29, 1.82) is 0 Å². The van der Waals surface area contributed by atoms with Gasteiger partial charge in [-0.05, 0) is 36.5 Å². The maximum absolute atomic E-state index is 12.7. The van der Waals surface area contributed by atoms with Gasteiger partial charge in [0.2, 0.25) is 0 Å². The molecule has 3 heterocycles. The van der Waals surface area contributed by atoms with Gasteiger partial charge in [-0.15, -0.1) is 0 Å². The van der Waals surface area contributed by atoms with Crippen LogP contribution in [-0.2, 0) is 33.3 Å². The van der Waals surface area contributed by atoms with Gasteiger partial charge in [0.15, 0.2) is 0 Å². The minimum Gasteiger partial charge on any atom is -0.493 e. The van der Waals surface area contributed by atoms with E-state index in [4.69, 9.17) is 23.4 Å². The number of carbonyl (C=O) groups is 3. The standard InChI is InChI=1S/C29H36O8/c1-15-18-10-24(32)37-26(17-8-9-34-14-17)28(18,5)13-19-25(15)36-22-12-21(35-16(2)30)27(3,4)20(29(19,22)6)11-23(31)33-7/h8-10,14,19-22,26H,11-13H2,1-7H3/t19-,20-,21+,22-,26-,28+,29+/m0/s1. The molecule has 1 saturated heterocycles. The highest BCUT2D eigenvalue weighted by Gasteiger charge is 2.68. The quantitative estimate of drug-likeness (QED) is 0.408. The van der Waals surface area contributed by atoms with Gasteiger partial charge >= 0.3 is 17.9 Å². The van der Waals surface area contributed by atoms with Crippen LogP contribution in [0.1, 0.15) is 72.5 Å². The third kappa shape index (κ3) is 3.66. The molecule has 2 aliphatic heterocycles. The lowest BCUT2D eigenvalue weighted by molar-refractivity contribution is -0.187. The predicted octanol–water partition coefficient (Wildman–Crippen LogP) is 5.05. The summed E-state index contributed by atoms with van der Waals surface area (Å²) in [6.45, 7) is 11.9. The van der Waals surface area contributed by atoms with Crippen molar-refractivity contribution in [2.45, 2.75) is 79.1 Å². The Morgan fingerprint density at radius 2 is 1.89 bits per heavy atom. The first-order chi connectivity index (χ1) is 17.3. The molecule has 2 fully saturated rings. The van der Waals surface area contributed by atoms with Gasteiger partial charge < -0.3 is 23.4 Å². The Kier molecular flexibility index (Phi) is 5.88. The molecule has 5 rings (SSSR count). The van der Waals surface area contributed by atoms with Crippen LogP contribution in [0, 0.1) is 28.1 Å². The fourth-order valence-electron chi connectivity index (χ4n) is 7.83. The molecule has 200 valence electrons. The summed E-state index contributed by atoms with van der Waals surface area (Å²) in [4.78, 5) is 37.4. The SMILES string of the molecule is COC(=O)C[C@H]1C(C)(C)[C@H](OC(C)=O)C[C@@H]2OC3=C(C)C4=CC(=O)O[C@@H](c5ccoc5)[C@]4(C)C[C@@H]3[C@@]21C. The lowest BCUT2D eigenvalue weighted by atomic mass is 9.47. The molecule has 0 bridgehead atoms. The van der Waals surface area contributed by atoms with Crippen LogP contribution in [0.25, 0.3) is 0 Å². The van der Waals surface area contributed by atoms with Crippen LogP contribution in [0.5, 0.6) is 0 Å². The number of allylic oxidation sites excluding steroid dienone is 2. The summed E-state index contributed by atoms with van der Waals surface area (Å²) >= 11 is 0. The van der Waals surface area contributed by atoms with Crippen molar-refractivity contribution in [3.8, 4) is 0 Å². The number of furan rings is 1. The zero-order valence-corrected chi connectivity index (χ0v) is 22.6. The number of methoxy groups -OCH3 is 1. The smallest absolute Gasteiger partial charge is 0.331 e. The Labute approximate surface area is 217 Å². The molecule has 1 aromatic heterocycles. The first-order valence-electron chi connectivity index (χ1n) is 12.9. The first kappa shape index (κ1) is 25.6. The monoisotopic (exact) mass is 512 g/mol. The van der Waals surface area contributed by atoms with E-state index < -0.39 is 34.4 Å². The lowest BCUT2D eigenvalue weighted by Gasteiger charge is -2.57. The fourth-order valence-corrected chi connectivity index (χ4v) is 7.83. The van der Waals surface area contributed by atoms with E-state index in [0.717, 1.165) is 22.5 Å². The van der Waals surface area contributed by atoms with Gasteiger partial charge in [-0.25, -0.2) is 4.79 Å². The van der Waals surface area contributed by atoms with Crippen molar-refractivity contribution in [2.24, 2.45) is 28.1 Å². The average molecular weight is 513 g/mol. The number of ether oxygens (including phenoxy) is 4. The molecular formula is C29H36O8. The predicted molar refractivity (Wildman–Crippen MR) is 132 cm³/mol. The molecule has 1 aromatic rings. The van der Waals surface area contributed by atoms with Crippen LogP contribution < -0.4 is 0 Å². The maximum Gasteiger partial charge on any atom is 0.331 e. The summed E-state index contributed by atoms with van der Waals surface area (Å²) < 4.78 is 28.9. The first-order valence-corrected chi connectivity index (χ1v) is 12.9. The molecule has 0 unspecified atom stereocenters. The summed E-state index contributed by atoms with van der Waals surface area (Å²) in [5.74, 6) is -0.436. The molecule has 37 heavy (non-hydrogen) atoms. The molecule has 0 aromatic carbocycles. The number of hydrogen-bond acceptors (Lipinski definition) is 8. The van der Waals surface area contributed by atoms with Crippen LogP contribution in [0.3, 0.4) is 0 Å². The molecule has 1 saturated carbocycles. The minimum absolute atomic E-state index is 0.0435. The minimum atomic E-state index is -0.524. The Balaban J connectivity index is 1.65. The van der Waals surface area contributed by atoms with Crippen LogP contribution in [0.4, 0.5) is 0 Å². The molecule has 0 N–H and O–H groups in total. The van der Waals surface area contributed by atoms with Crippen LogP contribution in [0.2, 0.25) is 0 Å². The topological polar surface area (TPSA) is 101 Å². The van der Waals surface area contributed by atoms with E-state index in [-0.39, 0.29) is 36.3 Å². The van der Waals surface area contributed by atoms with Crippen molar-refractivity contribution >= 4 is 17.9 Å². The van der Waals surface area contributed by atoms with Crippen molar-refractivity contribution in [2.75, 3.05) is 7.11 Å². The molecular weight excluding hydrogens is 476 g/mol. The fraction of sp³-hybridized carbons (Fsp3) is 0.621. The summed E-state index contributed by atoms with van der Waals surface area (Å²) in [6, 6.07) is 1.84. The van der Waals surface area contributed by atoms with Crippen LogP contribution in [-0.4, -0.2) is 37.2 Å². The zero-order valence-electron chi connectivity index (χ0n) is 22.6. The maximum atomic E-state index is 12.7. The number of fused-ring (bicyclic) bond motifs is 4.